The number of urea groups is 1. The fraction of sp³-hybridized carbons (Fsp3) is 0.0500. The number of nitrogens with zero attached hydrogens (tertiary/aromatic N) is 1. The molecule has 1 aliphatic rings. The maximum Gasteiger partial charge on any atom is 0.335 e. The SMILES string of the molecule is C=CCOc1ccccc1/C=C1\C(=O)NC(=O)N(c2ccccc2Cl)C1=O. The Hall–Kier alpha value is -3.38. The molecule has 2 aromatic carbocycles. The van der Waals surface area contributed by atoms with Crippen molar-refractivity contribution in [2.45, 2.75) is 0 Å². The highest BCUT2D eigenvalue weighted by Gasteiger charge is 2.37. The van der Waals surface area contributed by atoms with Crippen LogP contribution in [-0.4, -0.2) is 24.5 Å². The van der Waals surface area contributed by atoms with E-state index in [1.54, 1.807) is 48.5 Å². The summed E-state index contributed by atoms with van der Waals surface area (Å²) in [7, 11) is 0. The number of carbonyl (C=O) groups excluding carboxylic acids is 3. The third-order valence-electron chi connectivity index (χ3n) is 3.77. The number of ether oxygens (including phenoxy) is 1. The third kappa shape index (κ3) is 3.75. The number of halogens is 1. The van der Waals surface area contributed by atoms with Crippen molar-refractivity contribution < 1.29 is 19.1 Å². The molecule has 0 atom stereocenters. The van der Waals surface area contributed by atoms with E-state index in [4.69, 9.17) is 16.3 Å². The lowest BCUT2D eigenvalue weighted by molar-refractivity contribution is -0.122. The quantitative estimate of drug-likeness (QED) is 0.487. The number of barbiturate groups is 1. The molecule has 0 spiro atoms. The summed E-state index contributed by atoms with van der Waals surface area (Å²) in [6.45, 7) is 3.86. The molecule has 136 valence electrons. The van der Waals surface area contributed by atoms with Crippen molar-refractivity contribution in [3.63, 3.8) is 0 Å². The number of nitrogens with one attached hydrogen (secondary N) is 1. The Morgan fingerprint density at radius 3 is 2.52 bits per heavy atom. The maximum absolute atomic E-state index is 12.9. The van der Waals surface area contributed by atoms with Gasteiger partial charge in [0, 0.05) is 5.56 Å². The van der Waals surface area contributed by atoms with E-state index in [0.29, 0.717) is 11.3 Å². The summed E-state index contributed by atoms with van der Waals surface area (Å²) in [5, 5.41) is 2.37. The number of benzene rings is 2. The third-order valence-corrected chi connectivity index (χ3v) is 4.09. The van der Waals surface area contributed by atoms with Crippen LogP contribution in [0.4, 0.5) is 10.5 Å². The minimum Gasteiger partial charge on any atom is -0.489 e. The summed E-state index contributed by atoms with van der Waals surface area (Å²) in [6, 6.07) is 12.4. The van der Waals surface area contributed by atoms with Gasteiger partial charge >= 0.3 is 6.03 Å². The number of hydrogen-bond donors (Lipinski definition) is 1. The van der Waals surface area contributed by atoms with Gasteiger partial charge in [-0.15, -0.1) is 0 Å². The molecular weight excluding hydrogens is 368 g/mol. The van der Waals surface area contributed by atoms with Gasteiger partial charge in [0.1, 0.15) is 17.9 Å². The summed E-state index contributed by atoms with van der Waals surface area (Å²) < 4.78 is 5.54. The van der Waals surface area contributed by atoms with E-state index >= 15 is 0 Å². The molecule has 7 heteroatoms. The highest BCUT2D eigenvalue weighted by molar-refractivity contribution is 6.42. The molecule has 0 saturated carbocycles. The maximum atomic E-state index is 12.9. The van der Waals surface area contributed by atoms with E-state index < -0.39 is 17.8 Å². The molecule has 0 unspecified atom stereocenters. The van der Waals surface area contributed by atoms with Crippen LogP contribution in [0.3, 0.4) is 0 Å². The summed E-state index contributed by atoms with van der Waals surface area (Å²) in [5.74, 6) is -1.08. The standard InChI is InChI=1S/C20H15ClN2O4/c1-2-11-27-17-10-6-3-7-13(17)12-14-18(24)22-20(26)23(19(14)25)16-9-5-4-8-15(16)21/h2-10,12H,1,11H2,(H,22,24,26)/b14-12+. The van der Waals surface area contributed by atoms with E-state index in [0.717, 1.165) is 4.90 Å². The zero-order valence-corrected chi connectivity index (χ0v) is 14.9. The zero-order chi connectivity index (χ0) is 19.4. The molecular formula is C20H15ClN2O4. The minimum absolute atomic E-state index is 0.191. The van der Waals surface area contributed by atoms with Crippen LogP contribution < -0.4 is 15.0 Å². The largest absolute Gasteiger partial charge is 0.489 e. The second kappa shape index (κ2) is 7.88. The van der Waals surface area contributed by atoms with E-state index in [9.17, 15) is 14.4 Å². The first-order valence-electron chi connectivity index (χ1n) is 8.01. The molecule has 27 heavy (non-hydrogen) atoms. The Bertz CT molecular complexity index is 968. The van der Waals surface area contributed by atoms with Gasteiger partial charge in [0.25, 0.3) is 11.8 Å². The van der Waals surface area contributed by atoms with Gasteiger partial charge in [-0.2, -0.15) is 0 Å². The number of amides is 4. The molecule has 1 fully saturated rings. The minimum atomic E-state index is -0.855. The van der Waals surface area contributed by atoms with Gasteiger partial charge in [0.2, 0.25) is 0 Å². The molecule has 6 nitrogen and oxygen atoms in total. The van der Waals surface area contributed by atoms with Gasteiger partial charge in [0.05, 0.1) is 10.7 Å². The van der Waals surface area contributed by atoms with Gasteiger partial charge in [-0.3, -0.25) is 14.9 Å². The predicted octanol–water partition coefficient (Wildman–Crippen LogP) is 3.57. The first kappa shape index (κ1) is 18.4. The van der Waals surface area contributed by atoms with Gasteiger partial charge in [-0.05, 0) is 24.3 Å². The van der Waals surface area contributed by atoms with E-state index in [2.05, 4.69) is 11.9 Å². The molecule has 2 aromatic rings. The Labute approximate surface area is 160 Å². The molecule has 1 aliphatic heterocycles. The predicted molar refractivity (Wildman–Crippen MR) is 103 cm³/mol. The molecule has 1 N–H and O–H groups in total. The Morgan fingerprint density at radius 2 is 1.78 bits per heavy atom. The first-order valence-corrected chi connectivity index (χ1v) is 8.39. The van der Waals surface area contributed by atoms with E-state index in [1.165, 1.54) is 12.1 Å². The van der Waals surface area contributed by atoms with Crippen LogP contribution in [0.1, 0.15) is 5.56 Å². The number of anilines is 1. The lowest BCUT2D eigenvalue weighted by atomic mass is 10.1. The monoisotopic (exact) mass is 382 g/mol. The Balaban J connectivity index is 2.03. The molecule has 0 aliphatic carbocycles. The first-order chi connectivity index (χ1) is 13.0. The summed E-state index contributed by atoms with van der Waals surface area (Å²) in [4.78, 5) is 38.2. The van der Waals surface area contributed by atoms with Crippen LogP contribution in [0.2, 0.25) is 5.02 Å². The summed E-state index contributed by atoms with van der Waals surface area (Å²) in [5.41, 5.74) is 0.506. The fourth-order valence-corrected chi connectivity index (χ4v) is 2.76. The second-order valence-electron chi connectivity index (χ2n) is 5.55. The summed E-state index contributed by atoms with van der Waals surface area (Å²) in [6.07, 6.45) is 2.96. The molecule has 1 saturated heterocycles. The van der Waals surface area contributed by atoms with E-state index in [1.807, 2.05) is 0 Å². The number of carbonyl (C=O) groups is 3. The van der Waals surface area contributed by atoms with Crippen LogP contribution in [0.5, 0.6) is 5.75 Å². The normalized spacial score (nSPS) is 15.7. The van der Waals surface area contributed by atoms with Crippen molar-refractivity contribution in [2.24, 2.45) is 0 Å². The molecule has 3 rings (SSSR count). The average Bonchev–Trinajstić information content (AvgIpc) is 2.65. The average molecular weight is 383 g/mol. The van der Waals surface area contributed by atoms with E-state index in [-0.39, 0.29) is 22.9 Å². The molecule has 0 radical (unpaired) electrons. The van der Waals surface area contributed by atoms with Crippen molar-refractivity contribution in [3.05, 3.63) is 77.3 Å². The Morgan fingerprint density at radius 1 is 1.07 bits per heavy atom. The topological polar surface area (TPSA) is 75.7 Å². The van der Waals surface area contributed by atoms with Crippen molar-refractivity contribution in [1.29, 1.82) is 0 Å². The van der Waals surface area contributed by atoms with Crippen LogP contribution >= 0.6 is 11.6 Å². The van der Waals surface area contributed by atoms with Crippen molar-refractivity contribution in [3.8, 4) is 5.75 Å². The molecule has 1 heterocycles. The summed E-state index contributed by atoms with van der Waals surface area (Å²) >= 11 is 6.11. The number of para-hydroxylation sites is 2. The number of hydrogen-bond acceptors (Lipinski definition) is 4. The smallest absolute Gasteiger partial charge is 0.335 e. The molecule has 0 bridgehead atoms. The van der Waals surface area contributed by atoms with Crippen molar-refractivity contribution >= 4 is 41.2 Å². The number of imide groups is 2. The van der Waals surface area contributed by atoms with Crippen molar-refractivity contribution in [2.75, 3.05) is 11.5 Å². The van der Waals surface area contributed by atoms with Crippen molar-refractivity contribution in [1.82, 2.24) is 5.32 Å². The molecule has 0 aromatic heterocycles. The Kier molecular flexibility index (Phi) is 5.38. The van der Waals surface area contributed by atoms with Gasteiger partial charge < -0.3 is 4.74 Å². The van der Waals surface area contributed by atoms with Crippen LogP contribution in [-0.2, 0) is 9.59 Å². The zero-order valence-electron chi connectivity index (χ0n) is 14.1. The van der Waals surface area contributed by atoms with Crippen LogP contribution in [0.15, 0.2) is 66.8 Å². The lowest BCUT2D eigenvalue weighted by Gasteiger charge is -2.27. The highest BCUT2D eigenvalue weighted by Crippen LogP contribution is 2.29. The van der Waals surface area contributed by atoms with Crippen LogP contribution in [0, 0.1) is 0 Å². The van der Waals surface area contributed by atoms with Gasteiger partial charge in [-0.25, -0.2) is 9.69 Å². The van der Waals surface area contributed by atoms with Gasteiger partial charge in [-0.1, -0.05) is 54.6 Å². The number of rotatable bonds is 5. The van der Waals surface area contributed by atoms with Crippen LogP contribution in [0.25, 0.3) is 6.08 Å². The highest BCUT2D eigenvalue weighted by atomic mass is 35.5. The van der Waals surface area contributed by atoms with Gasteiger partial charge in [0.15, 0.2) is 0 Å². The second-order valence-corrected chi connectivity index (χ2v) is 5.95. The molecule has 4 amide bonds. The lowest BCUT2D eigenvalue weighted by Crippen LogP contribution is -2.54. The fourth-order valence-electron chi connectivity index (χ4n) is 2.54.